The van der Waals surface area contributed by atoms with E-state index in [2.05, 4.69) is 32.2 Å². The average Bonchev–Trinajstić information content (AvgIpc) is 2.29. The Morgan fingerprint density at radius 2 is 1.87 bits per heavy atom. The van der Waals surface area contributed by atoms with Crippen molar-refractivity contribution in [2.75, 3.05) is 5.32 Å². The minimum Gasteiger partial charge on any atom is -0.382 e. The van der Waals surface area contributed by atoms with E-state index in [0.29, 0.717) is 17.5 Å². The van der Waals surface area contributed by atoms with Crippen molar-refractivity contribution in [3.05, 3.63) is 29.8 Å². The molecule has 0 aromatic heterocycles. The van der Waals surface area contributed by atoms with Gasteiger partial charge in [-0.2, -0.15) is 5.26 Å². The molecule has 2 nitrogen and oxygen atoms in total. The second-order valence-electron chi connectivity index (χ2n) is 4.01. The molecule has 1 aromatic carbocycles. The number of nitrogens with one attached hydrogen (secondary N) is 1. The van der Waals surface area contributed by atoms with Crippen LogP contribution in [-0.4, -0.2) is 6.04 Å². The van der Waals surface area contributed by atoms with Crippen molar-refractivity contribution in [1.82, 2.24) is 0 Å². The van der Waals surface area contributed by atoms with Gasteiger partial charge in [0.1, 0.15) is 0 Å². The predicted molar refractivity (Wildman–Crippen MR) is 63.7 cm³/mol. The summed E-state index contributed by atoms with van der Waals surface area (Å²) < 4.78 is 0. The zero-order valence-electron chi connectivity index (χ0n) is 9.62. The van der Waals surface area contributed by atoms with Gasteiger partial charge in [0.05, 0.1) is 11.6 Å². The molecule has 1 N–H and O–H groups in total. The van der Waals surface area contributed by atoms with Gasteiger partial charge in [-0.1, -0.05) is 20.3 Å². The molecule has 0 saturated carbocycles. The molecule has 2 atom stereocenters. The molecule has 0 aliphatic carbocycles. The Bertz CT molecular complexity index is 335. The van der Waals surface area contributed by atoms with Crippen LogP contribution in [0.15, 0.2) is 24.3 Å². The minimum atomic E-state index is 0.461. The fourth-order valence-corrected chi connectivity index (χ4v) is 1.40. The van der Waals surface area contributed by atoms with E-state index in [4.69, 9.17) is 5.26 Å². The average molecular weight is 202 g/mol. The number of nitriles is 1. The smallest absolute Gasteiger partial charge is 0.0991 e. The van der Waals surface area contributed by atoms with E-state index in [1.54, 1.807) is 0 Å². The highest BCUT2D eigenvalue weighted by Gasteiger charge is 2.09. The topological polar surface area (TPSA) is 35.8 Å². The molecule has 80 valence electrons. The van der Waals surface area contributed by atoms with Crippen LogP contribution < -0.4 is 5.32 Å². The molecular formula is C13H18N2. The second-order valence-corrected chi connectivity index (χ2v) is 4.01. The molecule has 0 amide bonds. The Balaban J connectivity index is 2.61. The highest BCUT2D eigenvalue weighted by atomic mass is 14.9. The summed E-state index contributed by atoms with van der Waals surface area (Å²) >= 11 is 0. The Morgan fingerprint density at radius 1 is 1.27 bits per heavy atom. The molecule has 0 bridgehead atoms. The Kier molecular flexibility index (Phi) is 4.17. The molecule has 2 heteroatoms. The number of benzene rings is 1. The van der Waals surface area contributed by atoms with Crippen LogP contribution in [0.1, 0.15) is 32.8 Å². The second kappa shape index (κ2) is 5.41. The van der Waals surface area contributed by atoms with Crippen molar-refractivity contribution in [1.29, 1.82) is 5.26 Å². The third-order valence-electron chi connectivity index (χ3n) is 2.91. The van der Waals surface area contributed by atoms with Crippen LogP contribution >= 0.6 is 0 Å². The first-order valence-electron chi connectivity index (χ1n) is 5.44. The van der Waals surface area contributed by atoms with Gasteiger partial charge in [-0.05, 0) is 37.1 Å². The molecule has 0 heterocycles. The predicted octanol–water partition coefficient (Wildman–Crippen LogP) is 3.40. The lowest BCUT2D eigenvalue weighted by molar-refractivity contribution is 0.494. The van der Waals surface area contributed by atoms with Gasteiger partial charge in [-0.15, -0.1) is 0 Å². The summed E-state index contributed by atoms with van der Waals surface area (Å²) in [5.41, 5.74) is 1.79. The highest BCUT2D eigenvalue weighted by Crippen LogP contribution is 2.15. The van der Waals surface area contributed by atoms with Crippen LogP contribution in [0.4, 0.5) is 5.69 Å². The first-order valence-corrected chi connectivity index (χ1v) is 5.44. The molecule has 0 spiro atoms. The largest absolute Gasteiger partial charge is 0.382 e. The van der Waals surface area contributed by atoms with Gasteiger partial charge in [0.2, 0.25) is 0 Å². The van der Waals surface area contributed by atoms with E-state index < -0.39 is 0 Å². The van der Waals surface area contributed by atoms with Crippen molar-refractivity contribution >= 4 is 5.69 Å². The highest BCUT2D eigenvalue weighted by molar-refractivity contribution is 5.47. The summed E-state index contributed by atoms with van der Waals surface area (Å²) in [5.74, 6) is 0.653. The summed E-state index contributed by atoms with van der Waals surface area (Å²) in [6.45, 7) is 6.62. The van der Waals surface area contributed by atoms with Gasteiger partial charge < -0.3 is 5.32 Å². The summed E-state index contributed by atoms with van der Waals surface area (Å²) in [4.78, 5) is 0. The summed E-state index contributed by atoms with van der Waals surface area (Å²) in [6.07, 6.45) is 1.17. The SMILES string of the molecule is CC[C@H](C)[C@@H](C)Nc1ccc(C#N)cc1. The molecule has 1 rings (SSSR count). The van der Waals surface area contributed by atoms with Gasteiger partial charge in [0.25, 0.3) is 0 Å². The Morgan fingerprint density at radius 3 is 2.33 bits per heavy atom. The Hall–Kier alpha value is -1.49. The maximum absolute atomic E-state index is 8.67. The molecule has 0 fully saturated rings. The molecule has 0 saturated heterocycles. The standard InChI is InChI=1S/C13H18N2/c1-4-10(2)11(3)15-13-7-5-12(9-14)6-8-13/h5-8,10-11,15H,4H2,1-3H3/t10-,11+/m0/s1. The molecule has 1 aromatic rings. The first-order chi connectivity index (χ1) is 7.17. The van der Waals surface area contributed by atoms with Crippen LogP contribution in [0.2, 0.25) is 0 Å². The molecule has 0 aliphatic rings. The maximum Gasteiger partial charge on any atom is 0.0991 e. The van der Waals surface area contributed by atoms with Crippen LogP contribution in [0.25, 0.3) is 0 Å². The molecule has 0 aliphatic heterocycles. The number of nitrogens with zero attached hydrogens (tertiary/aromatic N) is 1. The van der Waals surface area contributed by atoms with Gasteiger partial charge in [0.15, 0.2) is 0 Å². The fraction of sp³-hybridized carbons (Fsp3) is 0.462. The quantitative estimate of drug-likeness (QED) is 0.812. The summed E-state index contributed by atoms with van der Waals surface area (Å²) in [7, 11) is 0. The van der Waals surface area contributed by atoms with E-state index >= 15 is 0 Å². The van der Waals surface area contributed by atoms with Crippen molar-refractivity contribution in [3.8, 4) is 6.07 Å². The monoisotopic (exact) mass is 202 g/mol. The van der Waals surface area contributed by atoms with Crippen LogP contribution in [0, 0.1) is 17.2 Å². The lowest BCUT2D eigenvalue weighted by atomic mass is 10.0. The number of anilines is 1. The van der Waals surface area contributed by atoms with E-state index in [-0.39, 0.29) is 0 Å². The van der Waals surface area contributed by atoms with Gasteiger partial charge in [0, 0.05) is 11.7 Å². The summed E-state index contributed by atoms with van der Waals surface area (Å²) in [6, 6.07) is 10.2. The number of hydrogen-bond donors (Lipinski definition) is 1. The van der Waals surface area contributed by atoms with Gasteiger partial charge in [-0.3, -0.25) is 0 Å². The zero-order valence-corrected chi connectivity index (χ0v) is 9.62. The van der Waals surface area contributed by atoms with Crippen LogP contribution in [-0.2, 0) is 0 Å². The van der Waals surface area contributed by atoms with Gasteiger partial charge >= 0.3 is 0 Å². The third-order valence-corrected chi connectivity index (χ3v) is 2.91. The number of rotatable bonds is 4. The Labute approximate surface area is 91.9 Å². The zero-order chi connectivity index (χ0) is 11.3. The molecule has 0 radical (unpaired) electrons. The van der Waals surface area contributed by atoms with E-state index in [1.807, 2.05) is 24.3 Å². The maximum atomic E-state index is 8.67. The third kappa shape index (κ3) is 3.28. The number of hydrogen-bond acceptors (Lipinski definition) is 2. The van der Waals surface area contributed by atoms with E-state index in [1.165, 1.54) is 6.42 Å². The van der Waals surface area contributed by atoms with Crippen molar-refractivity contribution in [2.24, 2.45) is 5.92 Å². The van der Waals surface area contributed by atoms with Crippen molar-refractivity contribution < 1.29 is 0 Å². The van der Waals surface area contributed by atoms with Crippen molar-refractivity contribution in [3.63, 3.8) is 0 Å². The van der Waals surface area contributed by atoms with Crippen LogP contribution in [0.3, 0.4) is 0 Å². The normalized spacial score (nSPS) is 14.0. The summed E-state index contributed by atoms with van der Waals surface area (Å²) in [5, 5.41) is 12.1. The molecule has 15 heavy (non-hydrogen) atoms. The molecule has 0 unspecified atom stereocenters. The lowest BCUT2D eigenvalue weighted by Gasteiger charge is -2.21. The minimum absolute atomic E-state index is 0.461. The van der Waals surface area contributed by atoms with Crippen molar-refractivity contribution in [2.45, 2.75) is 33.2 Å². The lowest BCUT2D eigenvalue weighted by Crippen LogP contribution is -2.23. The fourth-order valence-electron chi connectivity index (χ4n) is 1.40. The molecular weight excluding hydrogens is 184 g/mol. The first kappa shape index (κ1) is 11.6. The van der Waals surface area contributed by atoms with Gasteiger partial charge in [-0.25, -0.2) is 0 Å². The van der Waals surface area contributed by atoms with E-state index in [0.717, 1.165) is 5.69 Å². The van der Waals surface area contributed by atoms with E-state index in [9.17, 15) is 0 Å². The van der Waals surface area contributed by atoms with Crippen LogP contribution in [0.5, 0.6) is 0 Å².